The van der Waals surface area contributed by atoms with E-state index in [1.807, 2.05) is 0 Å². The number of carboxylic acid groups (broad SMARTS) is 1. The number of hydrogen-bond donors (Lipinski definition) is 2. The molecule has 5 nitrogen and oxygen atoms in total. The Labute approximate surface area is 120 Å². The number of alkyl halides is 3. The summed E-state index contributed by atoms with van der Waals surface area (Å²) in [6.45, 7) is 0. The average molecular weight is 316 g/mol. The molecule has 1 aromatic carbocycles. The van der Waals surface area contributed by atoms with E-state index in [4.69, 9.17) is 5.11 Å². The monoisotopic (exact) mass is 316 g/mol. The molecule has 0 aliphatic heterocycles. The van der Waals surface area contributed by atoms with Crippen LogP contribution in [0.1, 0.15) is 25.6 Å². The topological polar surface area (TPSA) is 79.3 Å². The van der Waals surface area contributed by atoms with Gasteiger partial charge >= 0.3 is 12.1 Å². The van der Waals surface area contributed by atoms with Gasteiger partial charge in [-0.15, -0.1) is 11.3 Å². The van der Waals surface area contributed by atoms with Gasteiger partial charge in [-0.1, -0.05) is 0 Å². The Kier molecular flexibility index (Phi) is 3.94. The van der Waals surface area contributed by atoms with Crippen LogP contribution in [0.3, 0.4) is 0 Å². The predicted molar refractivity (Wildman–Crippen MR) is 68.5 cm³/mol. The lowest BCUT2D eigenvalue weighted by Crippen LogP contribution is -2.13. The molecule has 21 heavy (non-hydrogen) atoms. The summed E-state index contributed by atoms with van der Waals surface area (Å²) >= 11 is 1.01. The minimum absolute atomic E-state index is 0.198. The molecule has 0 bridgehead atoms. The van der Waals surface area contributed by atoms with Crippen molar-refractivity contribution >= 4 is 28.9 Å². The number of carbonyl (C=O) groups excluding carboxylic acids is 1. The van der Waals surface area contributed by atoms with Crippen molar-refractivity contribution in [2.75, 3.05) is 5.32 Å². The van der Waals surface area contributed by atoms with Crippen molar-refractivity contribution in [3.05, 3.63) is 45.9 Å². The third-order valence-electron chi connectivity index (χ3n) is 2.42. The second-order valence-electron chi connectivity index (χ2n) is 3.92. The lowest BCUT2D eigenvalue weighted by atomic mass is 10.1. The Hall–Kier alpha value is -2.42. The van der Waals surface area contributed by atoms with Crippen LogP contribution >= 0.6 is 11.3 Å². The fraction of sp³-hybridized carbons (Fsp3) is 0.0833. The molecule has 0 aliphatic rings. The molecule has 2 N–H and O–H groups in total. The maximum Gasteiger partial charge on any atom is 0.416 e. The molecule has 110 valence electrons. The Bertz CT molecular complexity index is 684. The van der Waals surface area contributed by atoms with Gasteiger partial charge in [-0.25, -0.2) is 4.79 Å². The molecule has 0 saturated heterocycles. The van der Waals surface area contributed by atoms with E-state index < -0.39 is 29.2 Å². The fourth-order valence-electron chi connectivity index (χ4n) is 1.51. The minimum Gasteiger partial charge on any atom is -0.478 e. The molecule has 1 amide bonds. The van der Waals surface area contributed by atoms with Gasteiger partial charge in [0.25, 0.3) is 5.91 Å². The van der Waals surface area contributed by atoms with Gasteiger partial charge in [-0.3, -0.25) is 9.78 Å². The van der Waals surface area contributed by atoms with E-state index in [0.29, 0.717) is 12.1 Å². The van der Waals surface area contributed by atoms with E-state index in [1.54, 1.807) is 0 Å². The zero-order valence-electron chi connectivity index (χ0n) is 10.1. The lowest BCUT2D eigenvalue weighted by Gasteiger charge is -2.11. The van der Waals surface area contributed by atoms with E-state index in [1.165, 1.54) is 11.7 Å². The number of thiazole rings is 1. The molecule has 2 rings (SSSR count). The Morgan fingerprint density at radius 3 is 2.48 bits per heavy atom. The quantitative estimate of drug-likeness (QED) is 0.912. The smallest absolute Gasteiger partial charge is 0.416 e. The number of carbonyl (C=O) groups is 2. The van der Waals surface area contributed by atoms with E-state index in [-0.39, 0.29) is 10.6 Å². The van der Waals surface area contributed by atoms with Crippen LogP contribution in [-0.2, 0) is 6.18 Å². The second kappa shape index (κ2) is 5.52. The van der Waals surface area contributed by atoms with Crippen molar-refractivity contribution in [2.24, 2.45) is 0 Å². The van der Waals surface area contributed by atoms with Crippen LogP contribution in [0.4, 0.5) is 18.9 Å². The molecule has 0 saturated carbocycles. The first-order valence-corrected chi connectivity index (χ1v) is 6.31. The van der Waals surface area contributed by atoms with Gasteiger partial charge in [0.1, 0.15) is 4.88 Å². The number of anilines is 1. The highest BCUT2D eigenvalue weighted by atomic mass is 32.1. The highest BCUT2D eigenvalue weighted by Crippen LogP contribution is 2.32. The first kappa shape index (κ1) is 15.0. The van der Waals surface area contributed by atoms with Crippen LogP contribution in [0, 0.1) is 0 Å². The summed E-state index contributed by atoms with van der Waals surface area (Å²) in [4.78, 5) is 26.5. The fourth-order valence-corrected chi connectivity index (χ4v) is 2.02. The Balaban J connectivity index is 2.37. The van der Waals surface area contributed by atoms with Crippen molar-refractivity contribution in [3.8, 4) is 0 Å². The molecule has 0 spiro atoms. The summed E-state index contributed by atoms with van der Waals surface area (Å²) in [7, 11) is 0. The van der Waals surface area contributed by atoms with Crippen molar-refractivity contribution in [1.29, 1.82) is 0 Å². The van der Waals surface area contributed by atoms with Gasteiger partial charge in [-0.2, -0.15) is 13.2 Å². The number of rotatable bonds is 3. The number of nitrogens with zero attached hydrogens (tertiary/aromatic N) is 1. The summed E-state index contributed by atoms with van der Waals surface area (Å²) in [5.74, 6) is -2.18. The van der Waals surface area contributed by atoms with Crippen LogP contribution in [0.2, 0.25) is 0 Å². The molecule has 0 aliphatic carbocycles. The van der Waals surface area contributed by atoms with Gasteiger partial charge in [0.2, 0.25) is 0 Å². The average Bonchev–Trinajstić information content (AvgIpc) is 2.91. The van der Waals surface area contributed by atoms with Gasteiger partial charge in [0.15, 0.2) is 0 Å². The van der Waals surface area contributed by atoms with Crippen molar-refractivity contribution in [3.63, 3.8) is 0 Å². The summed E-state index contributed by atoms with van der Waals surface area (Å²) in [5, 5.41) is 11.0. The van der Waals surface area contributed by atoms with Crippen molar-refractivity contribution in [1.82, 2.24) is 4.98 Å². The maximum absolute atomic E-state index is 12.7. The van der Waals surface area contributed by atoms with Crippen molar-refractivity contribution in [2.45, 2.75) is 6.18 Å². The number of hydrogen-bond acceptors (Lipinski definition) is 4. The van der Waals surface area contributed by atoms with Gasteiger partial charge in [0, 0.05) is 5.69 Å². The number of nitrogens with one attached hydrogen (secondary N) is 1. The number of amides is 1. The molecule has 0 fully saturated rings. The first-order chi connectivity index (χ1) is 9.77. The number of halogens is 3. The van der Waals surface area contributed by atoms with Gasteiger partial charge in [-0.05, 0) is 18.2 Å². The molecule has 9 heteroatoms. The highest BCUT2D eigenvalue weighted by molar-refractivity contribution is 7.11. The molecule has 2 aromatic rings. The largest absolute Gasteiger partial charge is 0.478 e. The normalized spacial score (nSPS) is 11.2. The van der Waals surface area contributed by atoms with Crippen LogP contribution in [0.15, 0.2) is 29.9 Å². The molecular weight excluding hydrogens is 309 g/mol. The molecule has 1 aromatic heterocycles. The molecule has 0 unspecified atom stereocenters. The first-order valence-electron chi connectivity index (χ1n) is 5.43. The standard InChI is InChI=1S/C12H7F3N2O3S/c13-12(14,15)7-1-6(11(19)20)2-8(3-7)17-10(18)9-4-16-5-21-9/h1-5H,(H,17,18)(H,19,20). The summed E-state index contributed by atoms with van der Waals surface area (Å²) in [5.41, 5.74) is -0.573. The molecule has 0 atom stereocenters. The zero-order chi connectivity index (χ0) is 15.6. The van der Waals surface area contributed by atoms with Crippen LogP contribution in [0.25, 0.3) is 0 Å². The Morgan fingerprint density at radius 1 is 1.24 bits per heavy atom. The van der Waals surface area contributed by atoms with E-state index in [0.717, 1.165) is 17.4 Å². The van der Waals surface area contributed by atoms with Gasteiger partial charge < -0.3 is 10.4 Å². The highest BCUT2D eigenvalue weighted by Gasteiger charge is 2.32. The molecule has 0 radical (unpaired) electrons. The van der Waals surface area contributed by atoms with Gasteiger partial charge in [0.05, 0.1) is 22.8 Å². The number of carboxylic acids is 1. The second-order valence-corrected chi connectivity index (χ2v) is 4.81. The van der Waals surface area contributed by atoms with Crippen LogP contribution in [-0.4, -0.2) is 22.0 Å². The maximum atomic E-state index is 12.7. The SMILES string of the molecule is O=C(O)c1cc(NC(=O)c2cncs2)cc(C(F)(F)F)c1. The third kappa shape index (κ3) is 3.57. The number of aromatic nitrogens is 1. The van der Waals surface area contributed by atoms with E-state index >= 15 is 0 Å². The molecular formula is C12H7F3N2O3S. The molecule has 1 heterocycles. The zero-order valence-corrected chi connectivity index (χ0v) is 11.0. The van der Waals surface area contributed by atoms with Crippen LogP contribution in [0.5, 0.6) is 0 Å². The minimum atomic E-state index is -4.71. The lowest BCUT2D eigenvalue weighted by molar-refractivity contribution is -0.137. The van der Waals surface area contributed by atoms with Crippen LogP contribution < -0.4 is 5.32 Å². The third-order valence-corrected chi connectivity index (χ3v) is 3.19. The van der Waals surface area contributed by atoms with E-state index in [9.17, 15) is 22.8 Å². The van der Waals surface area contributed by atoms with Crippen molar-refractivity contribution < 1.29 is 27.9 Å². The van der Waals surface area contributed by atoms with E-state index in [2.05, 4.69) is 10.3 Å². The summed E-state index contributed by atoms with van der Waals surface area (Å²) in [6, 6.07) is 2.13. The summed E-state index contributed by atoms with van der Waals surface area (Å²) in [6.07, 6.45) is -3.46. The Morgan fingerprint density at radius 2 is 1.95 bits per heavy atom. The number of benzene rings is 1. The predicted octanol–water partition coefficient (Wildman–Crippen LogP) is 3.11. The summed E-state index contributed by atoms with van der Waals surface area (Å²) < 4.78 is 38.1. The number of aromatic carboxylic acids is 1.